The molecule has 0 saturated carbocycles. The van der Waals surface area contributed by atoms with E-state index in [4.69, 9.17) is 5.11 Å². The molecule has 0 rings (SSSR count). The molecule has 11 heavy (non-hydrogen) atoms. The number of rotatable bonds is 5. The van der Waals surface area contributed by atoms with E-state index in [-0.39, 0.29) is 6.04 Å². The van der Waals surface area contributed by atoms with Gasteiger partial charge in [0.25, 0.3) is 0 Å². The van der Waals surface area contributed by atoms with Crippen LogP contribution in [0.5, 0.6) is 0 Å². The molecule has 3 N–H and O–H groups in total. The fourth-order valence-corrected chi connectivity index (χ4v) is 0.860. The van der Waals surface area contributed by atoms with Gasteiger partial charge in [0.2, 0.25) is 0 Å². The monoisotopic (exact) mass is 160 g/mol. The molecule has 0 radical (unpaired) electrons. The highest BCUT2D eigenvalue weighted by molar-refractivity contribution is 5.64. The molecular weight excluding hydrogens is 144 g/mol. The smallest absolute Gasteiger partial charge is 0.404 e. The summed E-state index contributed by atoms with van der Waals surface area (Å²) in [6.45, 7) is 5.39. The van der Waals surface area contributed by atoms with Crippen LogP contribution in [-0.2, 0) is 0 Å². The van der Waals surface area contributed by atoms with Gasteiger partial charge in [-0.05, 0) is 13.0 Å². The first-order chi connectivity index (χ1) is 5.20. The molecule has 1 atom stereocenters. The van der Waals surface area contributed by atoms with Crippen molar-refractivity contribution in [3.05, 3.63) is 0 Å². The van der Waals surface area contributed by atoms with Gasteiger partial charge >= 0.3 is 6.09 Å². The molecular formula is C7H16N2O2. The summed E-state index contributed by atoms with van der Waals surface area (Å²) < 4.78 is 0. The van der Waals surface area contributed by atoms with Crippen LogP contribution in [0.1, 0.15) is 20.3 Å². The summed E-state index contributed by atoms with van der Waals surface area (Å²) in [6.07, 6.45) is -0.0185. The van der Waals surface area contributed by atoms with Gasteiger partial charge in [0.1, 0.15) is 0 Å². The molecule has 4 nitrogen and oxygen atoms in total. The van der Waals surface area contributed by atoms with Crippen LogP contribution in [0.4, 0.5) is 4.79 Å². The molecule has 0 bridgehead atoms. The first kappa shape index (κ1) is 10.2. The lowest BCUT2D eigenvalue weighted by atomic mass is 10.2. The third-order valence-corrected chi connectivity index (χ3v) is 1.49. The van der Waals surface area contributed by atoms with Crippen molar-refractivity contribution in [3.63, 3.8) is 0 Å². The number of hydrogen-bond acceptors (Lipinski definition) is 2. The Morgan fingerprint density at radius 2 is 2.18 bits per heavy atom. The van der Waals surface area contributed by atoms with E-state index in [9.17, 15) is 4.79 Å². The van der Waals surface area contributed by atoms with Crippen LogP contribution in [0.2, 0.25) is 0 Å². The number of carbonyl (C=O) groups is 1. The predicted molar refractivity (Wildman–Crippen MR) is 43.8 cm³/mol. The largest absolute Gasteiger partial charge is 0.465 e. The quantitative estimate of drug-likeness (QED) is 0.553. The summed E-state index contributed by atoms with van der Waals surface area (Å²) in [5.74, 6) is 0. The van der Waals surface area contributed by atoms with Crippen LogP contribution in [0.15, 0.2) is 0 Å². The minimum absolute atomic E-state index is 0.260. The number of nitrogens with one attached hydrogen (secondary N) is 2. The van der Waals surface area contributed by atoms with Gasteiger partial charge in [-0.15, -0.1) is 0 Å². The van der Waals surface area contributed by atoms with Crippen molar-refractivity contribution in [2.45, 2.75) is 26.3 Å². The van der Waals surface area contributed by atoms with E-state index in [1.807, 2.05) is 13.8 Å². The number of amides is 1. The lowest BCUT2D eigenvalue weighted by Crippen LogP contribution is -2.39. The van der Waals surface area contributed by atoms with Crippen molar-refractivity contribution in [2.24, 2.45) is 0 Å². The molecule has 0 aliphatic rings. The van der Waals surface area contributed by atoms with Gasteiger partial charge in [-0.25, -0.2) is 4.79 Å². The maximum Gasteiger partial charge on any atom is 0.404 e. The molecule has 0 heterocycles. The third-order valence-electron chi connectivity index (χ3n) is 1.49. The zero-order valence-electron chi connectivity index (χ0n) is 7.05. The molecule has 0 aliphatic heterocycles. The van der Waals surface area contributed by atoms with E-state index in [1.54, 1.807) is 0 Å². The predicted octanol–water partition coefficient (Wildman–Crippen LogP) is 0.642. The van der Waals surface area contributed by atoms with Crippen molar-refractivity contribution >= 4 is 6.09 Å². The fourth-order valence-electron chi connectivity index (χ4n) is 0.860. The summed E-state index contributed by atoms with van der Waals surface area (Å²) in [5, 5.41) is 13.8. The second kappa shape index (κ2) is 5.97. The highest BCUT2D eigenvalue weighted by Crippen LogP contribution is 1.87. The van der Waals surface area contributed by atoms with E-state index >= 15 is 0 Å². The Balaban J connectivity index is 3.43. The first-order valence-electron chi connectivity index (χ1n) is 3.90. The number of likely N-dealkylation sites (N-methyl/N-ethyl adjacent to an activating group) is 1. The SMILES string of the molecule is CCNC(CC)CNC(=O)O. The first-order valence-corrected chi connectivity index (χ1v) is 3.90. The Bertz CT molecular complexity index is 117. The van der Waals surface area contributed by atoms with Gasteiger partial charge in [0.15, 0.2) is 0 Å². The van der Waals surface area contributed by atoms with E-state index < -0.39 is 6.09 Å². The molecule has 0 aliphatic carbocycles. The van der Waals surface area contributed by atoms with E-state index in [0.29, 0.717) is 6.54 Å². The lowest BCUT2D eigenvalue weighted by Gasteiger charge is -2.14. The zero-order valence-corrected chi connectivity index (χ0v) is 7.05. The van der Waals surface area contributed by atoms with Crippen LogP contribution in [-0.4, -0.2) is 30.3 Å². The third kappa shape index (κ3) is 5.66. The molecule has 0 spiro atoms. The van der Waals surface area contributed by atoms with Crippen molar-refractivity contribution in [3.8, 4) is 0 Å². The molecule has 0 aromatic rings. The number of hydrogen-bond donors (Lipinski definition) is 3. The van der Waals surface area contributed by atoms with Gasteiger partial charge in [-0.3, -0.25) is 0 Å². The minimum Gasteiger partial charge on any atom is -0.465 e. The fraction of sp³-hybridized carbons (Fsp3) is 0.857. The Labute approximate surface area is 67.0 Å². The summed E-state index contributed by atoms with van der Waals surface area (Å²) >= 11 is 0. The standard InChI is InChI=1S/C7H16N2O2/c1-3-6(8-4-2)5-9-7(10)11/h6,8-9H,3-5H2,1-2H3,(H,10,11). The Kier molecular flexibility index (Phi) is 5.56. The second-order valence-electron chi connectivity index (χ2n) is 2.35. The van der Waals surface area contributed by atoms with E-state index in [0.717, 1.165) is 13.0 Å². The van der Waals surface area contributed by atoms with Gasteiger partial charge in [0, 0.05) is 12.6 Å². The van der Waals surface area contributed by atoms with Gasteiger partial charge in [-0.2, -0.15) is 0 Å². The Morgan fingerprint density at radius 3 is 2.55 bits per heavy atom. The zero-order chi connectivity index (χ0) is 8.69. The molecule has 0 aromatic heterocycles. The maximum absolute atomic E-state index is 10.1. The molecule has 0 aromatic carbocycles. The maximum atomic E-state index is 10.1. The normalized spacial score (nSPS) is 12.5. The van der Waals surface area contributed by atoms with Crippen LogP contribution < -0.4 is 10.6 Å². The van der Waals surface area contributed by atoms with Gasteiger partial charge in [0.05, 0.1) is 0 Å². The lowest BCUT2D eigenvalue weighted by molar-refractivity contribution is 0.193. The summed E-state index contributed by atoms with van der Waals surface area (Å²) in [5.41, 5.74) is 0. The summed E-state index contributed by atoms with van der Waals surface area (Å²) in [7, 11) is 0. The van der Waals surface area contributed by atoms with E-state index in [2.05, 4.69) is 10.6 Å². The number of carboxylic acid groups (broad SMARTS) is 1. The van der Waals surface area contributed by atoms with Crippen LogP contribution >= 0.6 is 0 Å². The molecule has 0 fully saturated rings. The van der Waals surface area contributed by atoms with Crippen molar-refractivity contribution in [1.82, 2.24) is 10.6 Å². The summed E-state index contributed by atoms with van der Waals surface area (Å²) in [4.78, 5) is 10.1. The van der Waals surface area contributed by atoms with Crippen molar-refractivity contribution in [2.75, 3.05) is 13.1 Å². The minimum atomic E-state index is -0.957. The molecule has 1 unspecified atom stereocenters. The molecule has 1 amide bonds. The van der Waals surface area contributed by atoms with Gasteiger partial charge in [-0.1, -0.05) is 13.8 Å². The molecule has 0 saturated heterocycles. The Morgan fingerprint density at radius 1 is 1.55 bits per heavy atom. The highest BCUT2D eigenvalue weighted by Gasteiger charge is 2.04. The Hall–Kier alpha value is -0.770. The van der Waals surface area contributed by atoms with Gasteiger partial charge < -0.3 is 15.7 Å². The summed E-state index contributed by atoms with van der Waals surface area (Å²) in [6, 6.07) is 0.260. The highest BCUT2D eigenvalue weighted by atomic mass is 16.4. The van der Waals surface area contributed by atoms with Crippen LogP contribution in [0.25, 0.3) is 0 Å². The second-order valence-corrected chi connectivity index (χ2v) is 2.35. The van der Waals surface area contributed by atoms with Crippen LogP contribution in [0, 0.1) is 0 Å². The molecule has 66 valence electrons. The average molecular weight is 160 g/mol. The molecule has 4 heteroatoms. The van der Waals surface area contributed by atoms with Crippen molar-refractivity contribution in [1.29, 1.82) is 0 Å². The average Bonchev–Trinajstić information content (AvgIpc) is 1.97. The van der Waals surface area contributed by atoms with Crippen LogP contribution in [0.3, 0.4) is 0 Å². The topological polar surface area (TPSA) is 61.4 Å². The van der Waals surface area contributed by atoms with Crippen molar-refractivity contribution < 1.29 is 9.90 Å². The van der Waals surface area contributed by atoms with E-state index in [1.165, 1.54) is 0 Å².